The molecule has 4 rings (SSSR count). The lowest BCUT2D eigenvalue weighted by atomic mass is 9.88. The summed E-state index contributed by atoms with van der Waals surface area (Å²) >= 11 is 0. The van der Waals surface area contributed by atoms with Gasteiger partial charge >= 0.3 is 5.97 Å². The highest BCUT2D eigenvalue weighted by Gasteiger charge is 2.42. The highest BCUT2D eigenvalue weighted by atomic mass is 35.5. The van der Waals surface area contributed by atoms with Crippen LogP contribution in [0.2, 0.25) is 0 Å². The van der Waals surface area contributed by atoms with Gasteiger partial charge < -0.3 is 25.1 Å². The zero-order valence-corrected chi connectivity index (χ0v) is 17.8. The van der Waals surface area contributed by atoms with E-state index in [1.54, 1.807) is 0 Å². The Morgan fingerprint density at radius 1 is 1.42 bits per heavy atom. The van der Waals surface area contributed by atoms with Crippen LogP contribution in [0.5, 0.6) is 0 Å². The fraction of sp³-hybridized carbons (Fsp3) is 0.450. The molecule has 0 bridgehead atoms. The average Bonchev–Trinajstić information content (AvgIpc) is 3.48. The maximum Gasteiger partial charge on any atom is 0.341 e. The molecule has 2 aromatic rings. The van der Waals surface area contributed by atoms with Crippen molar-refractivity contribution in [2.45, 2.75) is 25.8 Å². The molecule has 2 fully saturated rings. The minimum Gasteiger partial charge on any atom is -0.477 e. The van der Waals surface area contributed by atoms with Crippen LogP contribution in [0.4, 0.5) is 14.5 Å². The van der Waals surface area contributed by atoms with Crippen molar-refractivity contribution in [3.63, 3.8) is 0 Å². The molecule has 1 aliphatic heterocycles. The van der Waals surface area contributed by atoms with Gasteiger partial charge in [-0.2, -0.15) is 0 Å². The van der Waals surface area contributed by atoms with E-state index in [9.17, 15) is 14.7 Å². The zero-order chi connectivity index (χ0) is 21.8. The summed E-state index contributed by atoms with van der Waals surface area (Å²) in [6, 6.07) is 0.796. The molecule has 1 saturated heterocycles. The van der Waals surface area contributed by atoms with Crippen molar-refractivity contribution >= 4 is 40.7 Å². The molecule has 1 unspecified atom stereocenters. The average molecular weight is 457 g/mol. The number of carboxylic acid groups (broad SMARTS) is 1. The Morgan fingerprint density at radius 3 is 2.65 bits per heavy atom. The van der Waals surface area contributed by atoms with Crippen LogP contribution in [0.1, 0.15) is 36.2 Å². The summed E-state index contributed by atoms with van der Waals surface area (Å²) in [5, 5.41) is 13.0. The van der Waals surface area contributed by atoms with Gasteiger partial charge in [0.15, 0.2) is 5.82 Å². The molecule has 1 aliphatic carbocycles. The van der Waals surface area contributed by atoms with Crippen molar-refractivity contribution in [2.75, 3.05) is 31.6 Å². The van der Waals surface area contributed by atoms with Crippen molar-refractivity contribution in [1.29, 1.82) is 0 Å². The molecule has 11 heteroatoms. The largest absolute Gasteiger partial charge is 0.477 e. The van der Waals surface area contributed by atoms with Gasteiger partial charge in [0.1, 0.15) is 24.2 Å². The van der Waals surface area contributed by atoms with E-state index < -0.39 is 34.0 Å². The van der Waals surface area contributed by atoms with Crippen molar-refractivity contribution < 1.29 is 23.5 Å². The normalized spacial score (nSPS) is 22.1. The maximum absolute atomic E-state index is 15.7. The Bertz CT molecular complexity index is 1150. The third-order valence-corrected chi connectivity index (χ3v) is 5.90. The Morgan fingerprint density at radius 2 is 2.10 bits per heavy atom. The summed E-state index contributed by atoms with van der Waals surface area (Å²) in [5.41, 5.74) is 4.02. The van der Waals surface area contributed by atoms with Crippen molar-refractivity contribution in [2.24, 2.45) is 16.3 Å². The van der Waals surface area contributed by atoms with E-state index in [0.717, 1.165) is 25.1 Å². The first-order chi connectivity index (χ1) is 14.2. The molecule has 1 saturated carbocycles. The lowest BCUT2D eigenvalue weighted by molar-refractivity contribution is 0.0694. The number of carbonyl (C=O) groups is 1. The van der Waals surface area contributed by atoms with Crippen LogP contribution in [-0.4, -0.2) is 48.1 Å². The SMILES string of the molecule is CO/N=C1\CN(c2c(F)cc3c(=O)c(C(=O)O)cn(C4CC4)c3c2F)CC1(C)CN.Cl. The number of carboxylic acids is 1. The highest BCUT2D eigenvalue weighted by molar-refractivity contribution is 5.98. The first-order valence-electron chi connectivity index (χ1n) is 9.57. The molecule has 2 aliphatic rings. The van der Waals surface area contributed by atoms with Crippen molar-refractivity contribution in [3.8, 4) is 0 Å². The summed E-state index contributed by atoms with van der Waals surface area (Å²) < 4.78 is 32.2. The molecule has 2 heterocycles. The Balaban J connectivity index is 0.00000272. The number of aromatic carboxylic acids is 1. The summed E-state index contributed by atoms with van der Waals surface area (Å²) in [7, 11) is 1.39. The van der Waals surface area contributed by atoms with Gasteiger partial charge in [0, 0.05) is 30.7 Å². The van der Waals surface area contributed by atoms with E-state index in [1.807, 2.05) is 6.92 Å². The van der Waals surface area contributed by atoms with E-state index in [0.29, 0.717) is 5.71 Å². The van der Waals surface area contributed by atoms with Crippen LogP contribution >= 0.6 is 12.4 Å². The Kier molecular flexibility index (Phi) is 5.98. The summed E-state index contributed by atoms with van der Waals surface area (Å²) in [6.07, 6.45) is 2.60. The second-order valence-electron chi connectivity index (χ2n) is 8.07. The molecule has 8 nitrogen and oxygen atoms in total. The third kappa shape index (κ3) is 3.63. The number of oxime groups is 1. The number of hydrogen-bond donors (Lipinski definition) is 2. The molecule has 0 amide bonds. The highest BCUT2D eigenvalue weighted by Crippen LogP contribution is 2.41. The second-order valence-corrected chi connectivity index (χ2v) is 8.07. The molecule has 31 heavy (non-hydrogen) atoms. The lowest BCUT2D eigenvalue weighted by Gasteiger charge is -2.25. The summed E-state index contributed by atoms with van der Waals surface area (Å²) in [6.45, 7) is 2.37. The van der Waals surface area contributed by atoms with Gasteiger partial charge in [-0.15, -0.1) is 12.4 Å². The van der Waals surface area contributed by atoms with Crippen LogP contribution in [-0.2, 0) is 4.84 Å². The quantitative estimate of drug-likeness (QED) is 0.669. The Hall–Kier alpha value is -2.72. The predicted molar refractivity (Wildman–Crippen MR) is 114 cm³/mol. The molecule has 1 aromatic carbocycles. The molecule has 0 radical (unpaired) electrons. The smallest absolute Gasteiger partial charge is 0.341 e. The maximum atomic E-state index is 15.7. The number of hydrogen-bond acceptors (Lipinski definition) is 6. The van der Waals surface area contributed by atoms with Crippen LogP contribution < -0.4 is 16.1 Å². The van der Waals surface area contributed by atoms with E-state index >= 15 is 8.78 Å². The molecule has 1 aromatic heterocycles. The van der Waals surface area contributed by atoms with Gasteiger partial charge in [0.25, 0.3) is 0 Å². The van der Waals surface area contributed by atoms with E-state index in [1.165, 1.54) is 16.6 Å². The van der Waals surface area contributed by atoms with Crippen LogP contribution in [0.25, 0.3) is 10.9 Å². The minimum absolute atomic E-state index is 0. The first-order valence-corrected chi connectivity index (χ1v) is 9.57. The number of nitrogens with two attached hydrogens (primary N) is 1. The molecular formula is C20H23ClF2N4O4. The van der Waals surface area contributed by atoms with Gasteiger partial charge in [-0.05, 0) is 18.9 Å². The number of rotatable bonds is 5. The van der Waals surface area contributed by atoms with Gasteiger partial charge in [-0.25, -0.2) is 13.6 Å². The number of anilines is 1. The van der Waals surface area contributed by atoms with Gasteiger partial charge in [-0.3, -0.25) is 4.79 Å². The lowest BCUT2D eigenvalue weighted by Crippen LogP contribution is -2.36. The topological polar surface area (TPSA) is 110 Å². The van der Waals surface area contributed by atoms with E-state index in [2.05, 4.69) is 5.16 Å². The zero-order valence-electron chi connectivity index (χ0n) is 17.0. The minimum atomic E-state index is -1.43. The number of nitrogens with zero attached hydrogens (tertiary/aromatic N) is 3. The van der Waals surface area contributed by atoms with Gasteiger partial charge in [-0.1, -0.05) is 12.1 Å². The number of fused-ring (bicyclic) bond motifs is 1. The van der Waals surface area contributed by atoms with Crippen LogP contribution in [0, 0.1) is 17.0 Å². The van der Waals surface area contributed by atoms with Crippen LogP contribution in [0.3, 0.4) is 0 Å². The number of pyridine rings is 1. The molecule has 168 valence electrons. The number of benzene rings is 1. The fourth-order valence-electron chi connectivity index (χ4n) is 4.04. The van der Waals surface area contributed by atoms with Crippen LogP contribution in [0.15, 0.2) is 22.2 Å². The summed E-state index contributed by atoms with van der Waals surface area (Å²) in [5.74, 6) is -3.27. The third-order valence-electron chi connectivity index (χ3n) is 5.90. The monoisotopic (exact) mass is 456 g/mol. The van der Waals surface area contributed by atoms with Crippen molar-refractivity contribution in [3.05, 3.63) is 39.7 Å². The predicted octanol–water partition coefficient (Wildman–Crippen LogP) is 2.52. The Labute approximate surface area is 182 Å². The van der Waals surface area contributed by atoms with Crippen molar-refractivity contribution in [1.82, 2.24) is 4.57 Å². The number of halogens is 3. The molecule has 1 atom stereocenters. The molecule has 0 spiro atoms. The number of aromatic nitrogens is 1. The molecule has 3 N–H and O–H groups in total. The molecular weight excluding hydrogens is 434 g/mol. The standard InChI is InChI=1S/C20H22F2N4O4.ClH/c1-20(8-23)9-25(7-14(20)24-30-2)17-13(21)5-11-16(15(17)22)26(10-3-4-10)6-12(18(11)27)19(28)29;/h5-6,10H,3-4,7-9,23H2,1-2H3,(H,28,29);1H/b24-14+;. The first kappa shape index (κ1) is 23.0. The van der Waals surface area contributed by atoms with E-state index in [4.69, 9.17) is 10.6 Å². The van der Waals surface area contributed by atoms with Gasteiger partial charge in [0.05, 0.1) is 23.2 Å². The van der Waals surface area contributed by atoms with Gasteiger partial charge in [0.2, 0.25) is 5.43 Å². The fourth-order valence-corrected chi connectivity index (χ4v) is 4.04. The van der Waals surface area contributed by atoms with E-state index in [-0.39, 0.29) is 54.7 Å². The summed E-state index contributed by atoms with van der Waals surface area (Å²) in [4.78, 5) is 30.4. The second kappa shape index (κ2) is 8.08.